The number of hydrogen-bond acceptors (Lipinski definition) is 2. The Hall–Kier alpha value is -2.55. The molecule has 0 saturated heterocycles. The smallest absolute Gasteiger partial charge is 0.148 e. The van der Waals surface area contributed by atoms with E-state index in [-0.39, 0.29) is 5.69 Å². The molecule has 0 spiro atoms. The molecule has 0 unspecified atom stereocenters. The summed E-state index contributed by atoms with van der Waals surface area (Å²) in [6.07, 6.45) is 0. The molecule has 0 atom stereocenters. The fourth-order valence-electron chi connectivity index (χ4n) is 2.21. The van der Waals surface area contributed by atoms with Gasteiger partial charge in [-0.2, -0.15) is 0 Å². The lowest BCUT2D eigenvalue weighted by molar-refractivity contribution is 0.633. The third-order valence-corrected chi connectivity index (χ3v) is 3.28. The van der Waals surface area contributed by atoms with E-state index >= 15 is 0 Å². The normalized spacial score (nSPS) is 10.7. The lowest BCUT2D eigenvalue weighted by atomic mass is 10.1. The van der Waals surface area contributed by atoms with Gasteiger partial charge in [-0.25, -0.2) is 4.39 Å². The topological polar surface area (TPSA) is 38.0 Å². The average Bonchev–Trinajstić information content (AvgIpc) is 2.43. The van der Waals surface area contributed by atoms with E-state index in [2.05, 4.69) is 36.5 Å². The van der Waals surface area contributed by atoms with Crippen molar-refractivity contribution in [1.82, 2.24) is 0 Å². The fourth-order valence-corrected chi connectivity index (χ4v) is 2.21. The van der Waals surface area contributed by atoms with Crippen LogP contribution in [0.25, 0.3) is 10.8 Å². The molecule has 0 aliphatic rings. The van der Waals surface area contributed by atoms with Crippen LogP contribution >= 0.6 is 0 Å². The van der Waals surface area contributed by atoms with Gasteiger partial charge in [-0.1, -0.05) is 29.8 Å². The molecule has 0 bridgehead atoms. The highest BCUT2D eigenvalue weighted by atomic mass is 19.1. The van der Waals surface area contributed by atoms with Gasteiger partial charge < -0.3 is 11.1 Å². The number of benzene rings is 3. The number of halogens is 1. The van der Waals surface area contributed by atoms with Crippen molar-refractivity contribution in [1.29, 1.82) is 0 Å². The quantitative estimate of drug-likeness (QED) is 0.664. The Kier molecular flexibility index (Phi) is 3.03. The maximum atomic E-state index is 13.4. The lowest BCUT2D eigenvalue weighted by Crippen LogP contribution is -1.94. The first-order chi connectivity index (χ1) is 9.61. The highest BCUT2D eigenvalue weighted by Gasteiger charge is 2.01. The van der Waals surface area contributed by atoms with E-state index in [4.69, 9.17) is 5.73 Å². The Morgan fingerprint density at radius 2 is 1.50 bits per heavy atom. The van der Waals surface area contributed by atoms with Crippen LogP contribution in [-0.2, 0) is 0 Å². The van der Waals surface area contributed by atoms with Gasteiger partial charge in [-0.3, -0.25) is 0 Å². The average molecular weight is 266 g/mol. The summed E-state index contributed by atoms with van der Waals surface area (Å²) in [6.45, 7) is 2.07. The molecule has 3 N–H and O–H groups in total. The van der Waals surface area contributed by atoms with E-state index < -0.39 is 5.82 Å². The molecule has 0 radical (unpaired) electrons. The SMILES string of the molecule is Cc1ccc2cc(Nc3ccc(N)c(F)c3)ccc2c1. The zero-order valence-electron chi connectivity index (χ0n) is 11.2. The number of nitrogens with one attached hydrogen (secondary N) is 1. The number of nitrogen functional groups attached to an aromatic ring is 1. The zero-order valence-corrected chi connectivity index (χ0v) is 11.2. The van der Waals surface area contributed by atoms with Gasteiger partial charge in [0.1, 0.15) is 5.82 Å². The van der Waals surface area contributed by atoms with Gasteiger partial charge in [0.2, 0.25) is 0 Å². The van der Waals surface area contributed by atoms with Crippen molar-refractivity contribution in [2.75, 3.05) is 11.1 Å². The Labute approximate surface area is 117 Å². The minimum Gasteiger partial charge on any atom is -0.396 e. The summed E-state index contributed by atoms with van der Waals surface area (Å²) < 4.78 is 13.4. The molecule has 2 nitrogen and oxygen atoms in total. The summed E-state index contributed by atoms with van der Waals surface area (Å²) in [6, 6.07) is 17.1. The molecule has 3 heteroatoms. The van der Waals surface area contributed by atoms with Gasteiger partial charge in [0.05, 0.1) is 5.69 Å². The molecule has 0 amide bonds. The molecular weight excluding hydrogens is 251 g/mol. The largest absolute Gasteiger partial charge is 0.396 e. The minimum absolute atomic E-state index is 0.157. The van der Waals surface area contributed by atoms with Gasteiger partial charge in [0.25, 0.3) is 0 Å². The van der Waals surface area contributed by atoms with Crippen LogP contribution in [0.1, 0.15) is 5.56 Å². The van der Waals surface area contributed by atoms with Crippen molar-refractivity contribution in [3.8, 4) is 0 Å². The van der Waals surface area contributed by atoms with Crippen LogP contribution in [0.5, 0.6) is 0 Å². The Morgan fingerprint density at radius 1 is 0.850 bits per heavy atom. The predicted molar refractivity (Wildman–Crippen MR) is 82.8 cm³/mol. The Morgan fingerprint density at radius 3 is 2.30 bits per heavy atom. The van der Waals surface area contributed by atoms with E-state index in [1.807, 2.05) is 12.1 Å². The fraction of sp³-hybridized carbons (Fsp3) is 0.0588. The standard InChI is InChI=1S/C17H15FN2/c1-11-2-3-13-9-14(5-4-12(13)8-11)20-15-6-7-17(19)16(18)10-15/h2-10,20H,19H2,1H3. The van der Waals surface area contributed by atoms with Crippen LogP contribution in [0.2, 0.25) is 0 Å². The molecule has 0 saturated carbocycles. The summed E-state index contributed by atoms with van der Waals surface area (Å²) >= 11 is 0. The van der Waals surface area contributed by atoms with E-state index in [0.29, 0.717) is 5.69 Å². The van der Waals surface area contributed by atoms with E-state index in [0.717, 1.165) is 11.1 Å². The number of fused-ring (bicyclic) bond motifs is 1. The molecule has 3 rings (SSSR count). The maximum absolute atomic E-state index is 13.4. The molecule has 0 aromatic heterocycles. The molecule has 20 heavy (non-hydrogen) atoms. The summed E-state index contributed by atoms with van der Waals surface area (Å²) in [4.78, 5) is 0. The minimum atomic E-state index is -0.411. The highest BCUT2D eigenvalue weighted by molar-refractivity contribution is 5.87. The van der Waals surface area contributed by atoms with Gasteiger partial charge in [-0.05, 0) is 48.0 Å². The van der Waals surface area contributed by atoms with Crippen LogP contribution in [0.4, 0.5) is 21.5 Å². The van der Waals surface area contributed by atoms with Crippen molar-refractivity contribution < 1.29 is 4.39 Å². The van der Waals surface area contributed by atoms with E-state index in [1.165, 1.54) is 17.0 Å². The van der Waals surface area contributed by atoms with Crippen LogP contribution < -0.4 is 11.1 Å². The van der Waals surface area contributed by atoms with Crippen molar-refractivity contribution in [3.63, 3.8) is 0 Å². The van der Waals surface area contributed by atoms with Crippen molar-refractivity contribution in [3.05, 3.63) is 66.0 Å². The second-order valence-electron chi connectivity index (χ2n) is 4.93. The van der Waals surface area contributed by atoms with Gasteiger partial charge in [-0.15, -0.1) is 0 Å². The molecule has 0 aliphatic carbocycles. The van der Waals surface area contributed by atoms with E-state index in [1.54, 1.807) is 12.1 Å². The zero-order chi connectivity index (χ0) is 14.1. The third-order valence-electron chi connectivity index (χ3n) is 3.28. The summed E-state index contributed by atoms with van der Waals surface area (Å²) in [7, 11) is 0. The summed E-state index contributed by atoms with van der Waals surface area (Å²) in [5.41, 5.74) is 8.47. The molecule has 0 aliphatic heterocycles. The first-order valence-electron chi connectivity index (χ1n) is 6.44. The summed E-state index contributed by atoms with van der Waals surface area (Å²) in [5, 5.41) is 5.53. The highest BCUT2D eigenvalue weighted by Crippen LogP contribution is 2.24. The van der Waals surface area contributed by atoms with Crippen molar-refractivity contribution >= 4 is 27.8 Å². The second kappa shape index (κ2) is 4.85. The molecule has 3 aromatic rings. The number of anilines is 3. The Balaban J connectivity index is 1.94. The molecule has 3 aromatic carbocycles. The number of nitrogens with two attached hydrogens (primary N) is 1. The molecule has 0 fully saturated rings. The number of rotatable bonds is 2. The monoisotopic (exact) mass is 266 g/mol. The molecule has 100 valence electrons. The van der Waals surface area contributed by atoms with Crippen LogP contribution in [-0.4, -0.2) is 0 Å². The van der Waals surface area contributed by atoms with E-state index in [9.17, 15) is 4.39 Å². The van der Waals surface area contributed by atoms with Crippen molar-refractivity contribution in [2.45, 2.75) is 6.92 Å². The van der Waals surface area contributed by atoms with Gasteiger partial charge >= 0.3 is 0 Å². The predicted octanol–water partition coefficient (Wildman–Crippen LogP) is 4.61. The van der Waals surface area contributed by atoms with Crippen LogP contribution in [0.3, 0.4) is 0 Å². The van der Waals surface area contributed by atoms with Crippen LogP contribution in [0, 0.1) is 12.7 Å². The Bertz CT molecular complexity index is 781. The second-order valence-corrected chi connectivity index (χ2v) is 4.93. The van der Waals surface area contributed by atoms with Crippen LogP contribution in [0.15, 0.2) is 54.6 Å². The first-order valence-corrected chi connectivity index (χ1v) is 6.44. The number of hydrogen-bond donors (Lipinski definition) is 2. The van der Waals surface area contributed by atoms with Gasteiger partial charge in [0, 0.05) is 11.4 Å². The lowest BCUT2D eigenvalue weighted by Gasteiger charge is -2.09. The van der Waals surface area contributed by atoms with Crippen molar-refractivity contribution in [2.24, 2.45) is 0 Å². The number of aryl methyl sites for hydroxylation is 1. The maximum Gasteiger partial charge on any atom is 0.148 e. The molecular formula is C17H15FN2. The first kappa shape index (κ1) is 12.5. The van der Waals surface area contributed by atoms with Gasteiger partial charge in [0.15, 0.2) is 0 Å². The molecule has 0 heterocycles. The summed E-state index contributed by atoms with van der Waals surface area (Å²) in [5.74, 6) is -0.411. The third kappa shape index (κ3) is 2.43.